The zero-order valence-corrected chi connectivity index (χ0v) is 20.3. The van der Waals surface area contributed by atoms with E-state index >= 15 is 0 Å². The quantitative estimate of drug-likeness (QED) is 0.660. The summed E-state index contributed by atoms with van der Waals surface area (Å²) in [6.07, 6.45) is 2.61. The molecule has 5 rings (SSSR count). The van der Waals surface area contributed by atoms with E-state index < -0.39 is 29.1 Å². The van der Waals surface area contributed by atoms with Crippen LogP contribution in [0.1, 0.15) is 63.0 Å². The molecular weight excluding hydrogens is 444 g/mol. The first-order valence-electron chi connectivity index (χ1n) is 12.4. The zero-order valence-electron chi connectivity index (χ0n) is 20.3. The highest BCUT2D eigenvalue weighted by atomic mass is 16.5. The molecule has 2 amide bonds. The lowest BCUT2D eigenvalue weighted by Gasteiger charge is -2.39. The summed E-state index contributed by atoms with van der Waals surface area (Å²) in [5, 5.41) is 12.7. The Morgan fingerprint density at radius 2 is 1.63 bits per heavy atom. The monoisotopic (exact) mass is 476 g/mol. The minimum atomic E-state index is -1.20. The largest absolute Gasteiger partial charge is 0.480 e. The number of nitrogens with one attached hydrogen (secondary N) is 1. The van der Waals surface area contributed by atoms with Gasteiger partial charge in [0.2, 0.25) is 5.91 Å². The number of rotatable bonds is 5. The van der Waals surface area contributed by atoms with Crippen molar-refractivity contribution in [3.63, 3.8) is 0 Å². The first-order chi connectivity index (χ1) is 16.8. The van der Waals surface area contributed by atoms with E-state index in [1.807, 2.05) is 31.2 Å². The molecule has 7 heteroatoms. The van der Waals surface area contributed by atoms with Gasteiger partial charge >= 0.3 is 12.1 Å². The Bertz CT molecular complexity index is 1130. The number of hydrogen-bond donors (Lipinski definition) is 2. The Morgan fingerprint density at radius 1 is 1.00 bits per heavy atom. The van der Waals surface area contributed by atoms with Crippen LogP contribution in [0, 0.1) is 5.41 Å². The summed E-state index contributed by atoms with van der Waals surface area (Å²) in [4.78, 5) is 39.9. The molecule has 7 nitrogen and oxygen atoms in total. The number of likely N-dealkylation sites (tertiary alicyclic amines) is 1. The van der Waals surface area contributed by atoms with Crippen molar-refractivity contribution in [3.8, 4) is 11.1 Å². The van der Waals surface area contributed by atoms with Gasteiger partial charge in [0.05, 0.1) is 5.41 Å². The van der Waals surface area contributed by atoms with Gasteiger partial charge in [0.25, 0.3) is 0 Å². The van der Waals surface area contributed by atoms with Crippen LogP contribution >= 0.6 is 0 Å². The van der Waals surface area contributed by atoms with Gasteiger partial charge in [-0.3, -0.25) is 4.79 Å². The van der Waals surface area contributed by atoms with Gasteiger partial charge in [-0.1, -0.05) is 55.0 Å². The van der Waals surface area contributed by atoms with E-state index in [1.165, 1.54) is 4.90 Å². The molecule has 1 aliphatic heterocycles. The molecule has 3 unspecified atom stereocenters. The van der Waals surface area contributed by atoms with Crippen LogP contribution in [0.3, 0.4) is 0 Å². The normalized spacial score (nSPS) is 27.4. The SMILES string of the molecule is CC1(C(=O)N2CCCC2(C)C(=O)O)CCCC1NC(=O)OCC1c2ccccc2-c2ccccc21. The standard InChI is InChI=1S/C28H32N2O5/c1-27(24(31)30-16-8-15-28(30,2)25(32)33)14-7-13-23(27)29-26(34)35-17-22-20-11-5-3-9-18(20)19-10-4-6-12-21(19)22/h3-6,9-12,22-23H,7-8,13-17H2,1-2H3,(H,29,34)(H,32,33). The fourth-order valence-electron chi connectivity index (χ4n) is 6.26. The summed E-state index contributed by atoms with van der Waals surface area (Å²) in [5.41, 5.74) is 2.56. The van der Waals surface area contributed by atoms with Crippen LogP contribution in [0.15, 0.2) is 48.5 Å². The third-order valence-electron chi connectivity index (χ3n) is 8.43. The Labute approximate surface area is 205 Å². The fourth-order valence-corrected chi connectivity index (χ4v) is 6.26. The molecular formula is C28H32N2O5. The highest BCUT2D eigenvalue weighted by Gasteiger charge is 2.54. The summed E-state index contributed by atoms with van der Waals surface area (Å²) in [6, 6.07) is 15.9. The number of carbonyl (C=O) groups is 3. The molecule has 2 aromatic carbocycles. The molecule has 2 aliphatic carbocycles. The van der Waals surface area contributed by atoms with Crippen molar-refractivity contribution in [3.05, 3.63) is 59.7 Å². The van der Waals surface area contributed by atoms with E-state index in [0.717, 1.165) is 28.7 Å². The molecule has 3 aliphatic rings. The van der Waals surface area contributed by atoms with Gasteiger partial charge < -0.3 is 20.1 Å². The maximum atomic E-state index is 13.6. The molecule has 184 valence electrons. The molecule has 0 aromatic heterocycles. The van der Waals surface area contributed by atoms with E-state index in [4.69, 9.17) is 4.74 Å². The predicted molar refractivity (Wildman–Crippen MR) is 131 cm³/mol. The fraction of sp³-hybridized carbons (Fsp3) is 0.464. The lowest BCUT2D eigenvalue weighted by Crippen LogP contribution is -2.58. The molecule has 3 atom stereocenters. The van der Waals surface area contributed by atoms with Gasteiger partial charge in [-0.2, -0.15) is 0 Å². The van der Waals surface area contributed by atoms with Crippen molar-refractivity contribution in [2.45, 2.75) is 63.5 Å². The summed E-state index contributed by atoms with van der Waals surface area (Å²) >= 11 is 0. The Hall–Kier alpha value is -3.35. The number of alkyl carbamates (subject to hydrolysis) is 1. The van der Waals surface area contributed by atoms with Crippen LogP contribution < -0.4 is 5.32 Å². The van der Waals surface area contributed by atoms with Crippen molar-refractivity contribution < 1.29 is 24.2 Å². The highest BCUT2D eigenvalue weighted by Crippen LogP contribution is 2.45. The summed E-state index contributed by atoms with van der Waals surface area (Å²) in [6.45, 7) is 4.10. The maximum absolute atomic E-state index is 13.6. The average Bonchev–Trinajstić information content (AvgIpc) is 3.52. The third-order valence-corrected chi connectivity index (χ3v) is 8.43. The van der Waals surface area contributed by atoms with E-state index in [1.54, 1.807) is 6.92 Å². The van der Waals surface area contributed by atoms with Crippen molar-refractivity contribution in [2.24, 2.45) is 5.41 Å². The van der Waals surface area contributed by atoms with E-state index in [9.17, 15) is 19.5 Å². The second-order valence-corrected chi connectivity index (χ2v) is 10.5. The Kier molecular flexibility index (Phi) is 5.82. The van der Waals surface area contributed by atoms with Crippen molar-refractivity contribution >= 4 is 18.0 Å². The lowest BCUT2D eigenvalue weighted by molar-refractivity contribution is -0.160. The number of fused-ring (bicyclic) bond motifs is 3. The number of carbonyl (C=O) groups excluding carboxylic acids is 2. The summed E-state index contributed by atoms with van der Waals surface area (Å²) < 4.78 is 5.71. The number of carboxylic acids is 1. The molecule has 0 bridgehead atoms. The zero-order chi connectivity index (χ0) is 24.8. The first kappa shape index (κ1) is 23.4. The molecule has 1 saturated carbocycles. The molecule has 2 N–H and O–H groups in total. The van der Waals surface area contributed by atoms with Crippen molar-refractivity contribution in [2.75, 3.05) is 13.2 Å². The first-order valence-corrected chi connectivity index (χ1v) is 12.4. The molecule has 1 saturated heterocycles. The second kappa shape index (κ2) is 8.70. The van der Waals surface area contributed by atoms with Gasteiger partial charge in [0.15, 0.2) is 0 Å². The minimum absolute atomic E-state index is 0.0365. The number of aliphatic carboxylic acids is 1. The molecule has 2 fully saturated rings. The molecule has 35 heavy (non-hydrogen) atoms. The number of ether oxygens (including phenoxy) is 1. The van der Waals surface area contributed by atoms with Crippen LogP contribution in [-0.4, -0.2) is 52.7 Å². The third kappa shape index (κ3) is 3.77. The van der Waals surface area contributed by atoms with Crippen LogP contribution in [-0.2, 0) is 14.3 Å². The molecule has 1 heterocycles. The predicted octanol–water partition coefficient (Wildman–Crippen LogP) is 4.55. The summed E-state index contributed by atoms with van der Waals surface area (Å²) in [7, 11) is 0. The van der Waals surface area contributed by atoms with Gasteiger partial charge in [-0.15, -0.1) is 0 Å². The second-order valence-electron chi connectivity index (χ2n) is 10.5. The topological polar surface area (TPSA) is 95.9 Å². The van der Waals surface area contributed by atoms with Crippen LogP contribution in [0.4, 0.5) is 4.79 Å². The number of nitrogens with zero attached hydrogens (tertiary/aromatic N) is 1. The van der Waals surface area contributed by atoms with Gasteiger partial charge in [-0.05, 0) is 61.8 Å². The van der Waals surface area contributed by atoms with Crippen molar-refractivity contribution in [1.29, 1.82) is 0 Å². The van der Waals surface area contributed by atoms with E-state index in [0.29, 0.717) is 32.2 Å². The lowest BCUT2D eigenvalue weighted by atomic mass is 9.82. The summed E-state index contributed by atoms with van der Waals surface area (Å²) in [5.74, 6) is -1.21. The number of hydrogen-bond acceptors (Lipinski definition) is 4. The Morgan fingerprint density at radius 3 is 2.26 bits per heavy atom. The minimum Gasteiger partial charge on any atom is -0.480 e. The molecule has 0 spiro atoms. The maximum Gasteiger partial charge on any atom is 0.407 e. The van der Waals surface area contributed by atoms with Gasteiger partial charge in [-0.25, -0.2) is 9.59 Å². The molecule has 0 radical (unpaired) electrons. The van der Waals surface area contributed by atoms with Crippen LogP contribution in [0.25, 0.3) is 11.1 Å². The number of amides is 2. The van der Waals surface area contributed by atoms with Crippen molar-refractivity contribution in [1.82, 2.24) is 10.2 Å². The smallest absolute Gasteiger partial charge is 0.407 e. The number of carboxylic acid groups (broad SMARTS) is 1. The molecule has 2 aromatic rings. The Balaban J connectivity index is 1.27. The van der Waals surface area contributed by atoms with E-state index in [2.05, 4.69) is 29.6 Å². The van der Waals surface area contributed by atoms with Crippen LogP contribution in [0.2, 0.25) is 0 Å². The highest BCUT2D eigenvalue weighted by molar-refractivity contribution is 5.91. The van der Waals surface area contributed by atoms with E-state index in [-0.39, 0.29) is 18.4 Å². The van der Waals surface area contributed by atoms with Gasteiger partial charge in [0.1, 0.15) is 12.1 Å². The van der Waals surface area contributed by atoms with Gasteiger partial charge in [0, 0.05) is 18.5 Å². The average molecular weight is 477 g/mol. The number of benzene rings is 2. The van der Waals surface area contributed by atoms with Crippen LogP contribution in [0.5, 0.6) is 0 Å².